The maximum absolute atomic E-state index is 11.5. The van der Waals surface area contributed by atoms with Gasteiger partial charge in [-0.25, -0.2) is 0 Å². The zero-order valence-corrected chi connectivity index (χ0v) is 33.9. The van der Waals surface area contributed by atoms with E-state index >= 15 is 0 Å². The highest BCUT2D eigenvalue weighted by atomic mass is 127. The minimum atomic E-state index is -2.28. The highest BCUT2D eigenvalue weighted by Crippen LogP contribution is 2.47. The van der Waals surface area contributed by atoms with Crippen molar-refractivity contribution in [3.05, 3.63) is 10.2 Å². The monoisotopic (exact) mass is 740 g/mol. The summed E-state index contributed by atoms with van der Waals surface area (Å²) in [6, 6.07) is 0. The Balaban J connectivity index is 2.73. The molecule has 2 heterocycles. The Bertz CT molecular complexity index is 903. The van der Waals surface area contributed by atoms with Crippen molar-refractivity contribution in [3.63, 3.8) is 0 Å². The highest BCUT2D eigenvalue weighted by molar-refractivity contribution is 14.1. The smallest absolute Gasteiger partial charge is 0.193 e. The molecule has 7 atom stereocenters. The van der Waals surface area contributed by atoms with Gasteiger partial charge in [0.2, 0.25) is 0 Å². The van der Waals surface area contributed by atoms with Crippen LogP contribution in [-0.4, -0.2) is 74.0 Å². The van der Waals surface area contributed by atoms with E-state index in [0.717, 1.165) is 19.1 Å². The lowest BCUT2D eigenvalue weighted by molar-refractivity contribution is -0.266. The third kappa shape index (κ3) is 9.08. The SMILES string of the molecule is CC(C)(C)[Si](C)(C)OC(/C=C/I)[C@@H]1OC2CC[C@H](CC=O)O[C@@H]2C(O[Si](C)(C)C(C)(C)C)C1O[Si](C)(C)C(C)(C)C. The van der Waals surface area contributed by atoms with Crippen molar-refractivity contribution in [2.75, 3.05) is 0 Å². The Morgan fingerprint density at radius 1 is 0.780 bits per heavy atom. The van der Waals surface area contributed by atoms with Gasteiger partial charge in [0.1, 0.15) is 30.7 Å². The summed E-state index contributed by atoms with van der Waals surface area (Å²) in [5.74, 6) is 0. The van der Waals surface area contributed by atoms with Gasteiger partial charge < -0.3 is 27.5 Å². The molecule has 2 aliphatic heterocycles. The summed E-state index contributed by atoms with van der Waals surface area (Å²) in [6.07, 6.45) is 3.25. The molecule has 0 saturated carbocycles. The van der Waals surface area contributed by atoms with Gasteiger partial charge in [-0.15, -0.1) is 0 Å². The number of halogens is 1. The Morgan fingerprint density at radius 2 is 1.27 bits per heavy atom. The molecule has 4 unspecified atom stereocenters. The molecule has 2 rings (SSSR count). The number of hydrogen-bond acceptors (Lipinski definition) is 6. The molecule has 2 saturated heterocycles. The van der Waals surface area contributed by atoms with Crippen LogP contribution in [0.15, 0.2) is 10.2 Å². The van der Waals surface area contributed by atoms with Crippen LogP contribution in [-0.2, 0) is 27.5 Å². The van der Waals surface area contributed by atoms with Crippen molar-refractivity contribution in [2.45, 2.75) is 179 Å². The van der Waals surface area contributed by atoms with E-state index in [0.29, 0.717) is 6.42 Å². The predicted octanol–water partition coefficient (Wildman–Crippen LogP) is 9.01. The Morgan fingerprint density at radius 3 is 1.71 bits per heavy atom. The molecule has 0 aromatic carbocycles. The summed E-state index contributed by atoms with van der Waals surface area (Å²) in [6.45, 7) is 34.3. The largest absolute Gasteiger partial charge is 0.408 e. The third-order valence-electron chi connectivity index (χ3n) is 10.4. The summed E-state index contributed by atoms with van der Waals surface area (Å²) >= 11 is 2.29. The topological polar surface area (TPSA) is 63.2 Å². The van der Waals surface area contributed by atoms with Gasteiger partial charge in [-0.05, 0) is 77.4 Å². The molecular formula is C31H61IO6Si3. The van der Waals surface area contributed by atoms with E-state index in [1.165, 1.54) is 0 Å². The Hall–Kier alpha value is 0.591. The van der Waals surface area contributed by atoms with Crippen molar-refractivity contribution in [3.8, 4) is 0 Å². The fourth-order valence-corrected chi connectivity index (χ4v) is 8.89. The quantitative estimate of drug-likeness (QED) is 0.127. The molecule has 2 fully saturated rings. The molecule has 0 amide bonds. The molecule has 10 heteroatoms. The Labute approximate surface area is 268 Å². The van der Waals surface area contributed by atoms with Gasteiger partial charge in [-0.3, -0.25) is 0 Å². The van der Waals surface area contributed by atoms with Gasteiger partial charge in [0.15, 0.2) is 25.0 Å². The molecule has 0 spiro atoms. The molecule has 6 nitrogen and oxygen atoms in total. The first kappa shape index (κ1) is 37.8. The molecule has 0 radical (unpaired) electrons. The summed E-state index contributed by atoms with van der Waals surface area (Å²) < 4.78 is 37.6. The lowest BCUT2D eigenvalue weighted by atomic mass is 9.87. The van der Waals surface area contributed by atoms with Gasteiger partial charge >= 0.3 is 0 Å². The molecule has 0 bridgehead atoms. The number of hydrogen-bond donors (Lipinski definition) is 0. The van der Waals surface area contributed by atoms with E-state index in [1.54, 1.807) is 0 Å². The molecule has 2 aliphatic rings. The minimum Gasteiger partial charge on any atom is -0.408 e. The lowest BCUT2D eigenvalue weighted by Gasteiger charge is -2.56. The second-order valence-corrected chi connectivity index (χ2v) is 31.7. The van der Waals surface area contributed by atoms with Gasteiger partial charge in [-0.1, -0.05) is 84.9 Å². The van der Waals surface area contributed by atoms with E-state index in [1.807, 2.05) is 0 Å². The molecule has 41 heavy (non-hydrogen) atoms. The fraction of sp³-hybridized carbons (Fsp3) is 0.903. The van der Waals surface area contributed by atoms with Crippen LogP contribution in [0.5, 0.6) is 0 Å². The Kier molecular flexibility index (Phi) is 12.5. The average molecular weight is 741 g/mol. The van der Waals surface area contributed by atoms with Crippen LogP contribution in [0.4, 0.5) is 0 Å². The van der Waals surface area contributed by atoms with Crippen LogP contribution in [0.25, 0.3) is 0 Å². The van der Waals surface area contributed by atoms with Crippen LogP contribution in [0, 0.1) is 0 Å². The van der Waals surface area contributed by atoms with Gasteiger partial charge in [0.05, 0.1) is 18.3 Å². The highest BCUT2D eigenvalue weighted by Gasteiger charge is 2.57. The lowest BCUT2D eigenvalue weighted by Crippen LogP contribution is -2.69. The summed E-state index contributed by atoms with van der Waals surface area (Å²) in [4.78, 5) is 11.5. The van der Waals surface area contributed by atoms with Crippen molar-refractivity contribution < 1.29 is 27.5 Å². The van der Waals surface area contributed by atoms with Gasteiger partial charge in [-0.2, -0.15) is 0 Å². The number of carbonyl (C=O) groups is 1. The van der Waals surface area contributed by atoms with Crippen LogP contribution < -0.4 is 0 Å². The second kappa shape index (κ2) is 13.5. The zero-order chi connectivity index (χ0) is 31.8. The molecule has 0 aromatic rings. The molecule has 0 aliphatic carbocycles. The molecule has 0 N–H and O–H groups in total. The normalized spacial score (nSPS) is 29.9. The van der Waals surface area contributed by atoms with E-state index in [2.05, 4.69) is 134 Å². The molecule has 0 aromatic heterocycles. The molecular weight excluding hydrogens is 679 g/mol. The zero-order valence-electron chi connectivity index (χ0n) is 28.7. The van der Waals surface area contributed by atoms with Crippen molar-refractivity contribution in [1.29, 1.82) is 0 Å². The first-order chi connectivity index (χ1) is 18.4. The predicted molar refractivity (Wildman–Crippen MR) is 187 cm³/mol. The van der Waals surface area contributed by atoms with E-state index in [-0.39, 0.29) is 57.8 Å². The minimum absolute atomic E-state index is 0.00170. The second-order valence-electron chi connectivity index (χ2n) is 16.7. The number of carbonyl (C=O) groups excluding carboxylic acids is 1. The van der Waals surface area contributed by atoms with Crippen molar-refractivity contribution in [2.24, 2.45) is 0 Å². The first-order valence-corrected chi connectivity index (χ1v) is 25.4. The number of aldehydes is 1. The average Bonchev–Trinajstić information content (AvgIpc) is 2.78. The number of fused-ring (bicyclic) bond motifs is 1. The van der Waals surface area contributed by atoms with Crippen LogP contribution >= 0.6 is 22.6 Å². The number of rotatable bonds is 10. The third-order valence-corrected chi connectivity index (χ3v) is 24.3. The summed E-state index contributed by atoms with van der Waals surface area (Å²) in [5, 5.41) is 0.0521. The number of ether oxygens (including phenoxy) is 2. The summed E-state index contributed by atoms with van der Waals surface area (Å²) in [5.41, 5.74) is 0. The van der Waals surface area contributed by atoms with Crippen LogP contribution in [0.1, 0.15) is 81.6 Å². The van der Waals surface area contributed by atoms with Crippen LogP contribution in [0.3, 0.4) is 0 Å². The van der Waals surface area contributed by atoms with Gasteiger partial charge in [0, 0.05) is 6.42 Å². The fourth-order valence-electron chi connectivity index (χ4n) is 4.63. The van der Waals surface area contributed by atoms with Crippen LogP contribution in [0.2, 0.25) is 54.4 Å². The van der Waals surface area contributed by atoms with Gasteiger partial charge in [0.25, 0.3) is 0 Å². The maximum atomic E-state index is 11.5. The van der Waals surface area contributed by atoms with E-state index < -0.39 is 25.0 Å². The summed E-state index contributed by atoms with van der Waals surface area (Å²) in [7, 11) is -6.69. The maximum Gasteiger partial charge on any atom is 0.193 e. The van der Waals surface area contributed by atoms with E-state index in [9.17, 15) is 4.79 Å². The standard InChI is InChI=1S/C31H61IO6Si3/c1-29(2,3)39(10,11)36-24(18-20-32)26-28(38-41(14,15)31(7,8)9)27(37-40(12,13)30(4,5)6)25-23(35-26)17-16-22(34-25)19-21-33/h18,20-28H,16-17,19H2,1-15H3/b20-18+/t22-,23?,24?,25+,26+,27?,28?/m1/s1. The first-order valence-electron chi connectivity index (χ1n) is 15.4. The van der Waals surface area contributed by atoms with Crippen molar-refractivity contribution >= 4 is 53.8 Å². The van der Waals surface area contributed by atoms with E-state index in [4.69, 9.17) is 22.8 Å². The van der Waals surface area contributed by atoms with Crippen molar-refractivity contribution in [1.82, 2.24) is 0 Å². The molecule has 240 valence electrons.